The summed E-state index contributed by atoms with van der Waals surface area (Å²) in [5.74, 6) is 2.75. The Labute approximate surface area is 193 Å². The van der Waals surface area contributed by atoms with Crippen LogP contribution in [0.5, 0.6) is 0 Å². The highest BCUT2D eigenvalue weighted by molar-refractivity contribution is 4.77. The third kappa shape index (κ3) is 16.3. The van der Waals surface area contributed by atoms with Crippen molar-refractivity contribution < 1.29 is 26.6 Å². The molecule has 0 unspecified atom stereocenters. The third-order valence-corrected chi connectivity index (χ3v) is 4.92. The van der Waals surface area contributed by atoms with Crippen molar-refractivity contribution in [1.82, 2.24) is 9.97 Å². The molecule has 0 radical (unpaired) electrons. The second kappa shape index (κ2) is 21.2. The maximum atomic E-state index is 8.25. The quantitative estimate of drug-likeness (QED) is 0.218. The Morgan fingerprint density at radius 3 is 1.39 bits per heavy atom. The first kappa shape index (κ1) is 31.1. The van der Waals surface area contributed by atoms with E-state index in [0.717, 1.165) is 13.1 Å². The van der Waals surface area contributed by atoms with E-state index in [1.807, 2.05) is 12.4 Å². The zero-order valence-electron chi connectivity index (χ0n) is 19.7. The Kier molecular flexibility index (Phi) is 21.2. The smallest absolute Gasteiger partial charge is 0.254 e. The highest BCUT2D eigenvalue weighted by Gasteiger charge is 2.07. The van der Waals surface area contributed by atoms with E-state index in [2.05, 4.69) is 59.2 Å². The minimum absolute atomic E-state index is 0. The molecule has 2 aromatic rings. The van der Waals surface area contributed by atoms with Crippen molar-refractivity contribution in [1.29, 1.82) is 0 Å². The van der Waals surface area contributed by atoms with Crippen molar-refractivity contribution in [2.24, 2.45) is 0 Å². The molecule has 2 heterocycles. The first-order valence-electron chi connectivity index (χ1n) is 11.4. The van der Waals surface area contributed by atoms with Crippen molar-refractivity contribution in [3.63, 3.8) is 0 Å². The second-order valence-electron chi connectivity index (χ2n) is 7.23. The fourth-order valence-corrected chi connectivity index (χ4v) is 3.26. The Hall–Kier alpha value is -2.09. The largest absolute Gasteiger partial charge is 1.00 e. The van der Waals surface area contributed by atoms with Crippen LogP contribution < -0.4 is 21.5 Å². The molecule has 0 amide bonds. The fourth-order valence-electron chi connectivity index (χ4n) is 3.26. The van der Waals surface area contributed by atoms with Crippen LogP contribution in [0.3, 0.4) is 0 Å². The Balaban J connectivity index is 0. The van der Waals surface area contributed by atoms with Crippen LogP contribution in [0, 0.1) is 15.3 Å². The summed E-state index contributed by atoms with van der Waals surface area (Å²) in [6.07, 6.45) is 21.4. The summed E-state index contributed by atoms with van der Waals surface area (Å²) < 4.78 is 4.57. The third-order valence-electron chi connectivity index (χ3n) is 4.92. The molecule has 0 aromatic carbocycles. The van der Waals surface area contributed by atoms with Crippen LogP contribution >= 0.6 is 0 Å². The first-order chi connectivity index (χ1) is 14.5. The molecule has 8 nitrogen and oxygen atoms in total. The molecule has 0 aliphatic rings. The Morgan fingerprint density at radius 2 is 1.10 bits per heavy atom. The van der Waals surface area contributed by atoms with Crippen LogP contribution in [-0.4, -0.2) is 15.1 Å². The number of H-pyrrole nitrogens is 2. The minimum atomic E-state index is -1.75. The number of rotatable bonds is 12. The maximum absolute atomic E-state index is 8.25. The van der Waals surface area contributed by atoms with E-state index in [-0.39, 0.29) is 12.4 Å². The van der Waals surface area contributed by atoms with Gasteiger partial charge in [0.2, 0.25) is 0 Å². The number of nitrogens with one attached hydrogen (secondary N) is 2. The van der Waals surface area contributed by atoms with Crippen LogP contribution in [0.25, 0.3) is 0 Å². The lowest BCUT2D eigenvalue weighted by atomic mass is 10.1. The topological polar surface area (TPSA) is 106 Å². The lowest BCUT2D eigenvalue weighted by Gasteiger charge is -1.97. The van der Waals surface area contributed by atoms with E-state index < -0.39 is 5.09 Å². The Bertz CT molecular complexity index is 607. The van der Waals surface area contributed by atoms with E-state index in [1.165, 1.54) is 75.9 Å². The van der Waals surface area contributed by atoms with Crippen LogP contribution in [0.2, 0.25) is 0 Å². The standard InChI is InChI=1S/2C11H20N2.ClH.NO3/c2*1-3-5-6-7-8-11-12-9-10-13(11)4-2;;2-1(3)4/h2*9-10H,3-8H2,1-2H3;1H;/q;;;-1/p+1. The van der Waals surface area contributed by atoms with Gasteiger partial charge in [0.05, 0.1) is 18.2 Å². The molecule has 0 spiro atoms. The summed E-state index contributed by atoms with van der Waals surface area (Å²) in [5, 5.41) is 14.8. The molecular weight excluding hydrogens is 418 g/mol. The minimum Gasteiger partial charge on any atom is -1.00 e. The van der Waals surface area contributed by atoms with Gasteiger partial charge in [-0.2, -0.15) is 0 Å². The van der Waals surface area contributed by atoms with Crippen molar-refractivity contribution >= 4 is 0 Å². The summed E-state index contributed by atoms with van der Waals surface area (Å²) in [6, 6.07) is 0. The molecular formula is C22H42ClN5O3. The van der Waals surface area contributed by atoms with Crippen molar-refractivity contribution in [3.8, 4) is 0 Å². The van der Waals surface area contributed by atoms with Crippen LogP contribution in [0.1, 0.15) is 90.7 Å². The van der Waals surface area contributed by atoms with Gasteiger partial charge in [-0.3, -0.25) is 0 Å². The molecule has 0 fully saturated rings. The normalized spacial score (nSPS) is 9.68. The number of hydrogen-bond donors (Lipinski definition) is 2. The summed E-state index contributed by atoms with van der Waals surface area (Å²) in [6.45, 7) is 11.0. The van der Waals surface area contributed by atoms with Crippen molar-refractivity contribution in [2.75, 3.05) is 0 Å². The highest BCUT2D eigenvalue weighted by atomic mass is 35.5. The number of aromatic nitrogens is 4. The monoisotopic (exact) mass is 459 g/mol. The van der Waals surface area contributed by atoms with Crippen LogP contribution in [0.15, 0.2) is 24.8 Å². The average Bonchev–Trinajstić information content (AvgIpc) is 3.37. The summed E-state index contributed by atoms with van der Waals surface area (Å²) >= 11 is 0. The SMILES string of the molecule is CCCCCCc1[nH]cc[n+]1CC.CCCCCCc1[nH]cc[n+]1CC.O=[N+]([O-])[O-].[Cl-]. The zero-order chi connectivity index (χ0) is 22.6. The Morgan fingerprint density at radius 1 is 0.742 bits per heavy atom. The van der Waals surface area contributed by atoms with Gasteiger partial charge in [0.25, 0.3) is 11.6 Å². The van der Waals surface area contributed by atoms with Gasteiger partial charge in [-0.05, 0) is 26.7 Å². The summed E-state index contributed by atoms with van der Waals surface area (Å²) in [4.78, 5) is 14.8. The van der Waals surface area contributed by atoms with Gasteiger partial charge in [-0.1, -0.05) is 52.4 Å². The molecule has 2 N–H and O–H groups in total. The summed E-state index contributed by atoms with van der Waals surface area (Å²) in [7, 11) is 0. The molecule has 9 heteroatoms. The van der Waals surface area contributed by atoms with Crippen molar-refractivity contribution in [2.45, 2.75) is 105 Å². The van der Waals surface area contributed by atoms with Gasteiger partial charge in [-0.25, -0.2) is 19.1 Å². The number of imidazole rings is 2. The molecule has 0 saturated heterocycles. The number of nitrogens with zero attached hydrogens (tertiary/aromatic N) is 3. The molecule has 180 valence electrons. The van der Waals surface area contributed by atoms with Gasteiger partial charge < -0.3 is 27.7 Å². The molecule has 0 aliphatic heterocycles. The molecule has 31 heavy (non-hydrogen) atoms. The van der Waals surface area contributed by atoms with Gasteiger partial charge >= 0.3 is 0 Å². The lowest BCUT2D eigenvalue weighted by molar-refractivity contribution is -0.699. The van der Waals surface area contributed by atoms with Crippen LogP contribution in [-0.2, 0) is 25.9 Å². The molecule has 0 atom stereocenters. The highest BCUT2D eigenvalue weighted by Crippen LogP contribution is 2.03. The number of halogens is 1. The number of hydrogen-bond acceptors (Lipinski definition) is 3. The van der Waals surface area contributed by atoms with Crippen molar-refractivity contribution in [3.05, 3.63) is 51.8 Å². The number of aromatic amines is 2. The van der Waals surface area contributed by atoms with Gasteiger partial charge in [0.1, 0.15) is 24.8 Å². The number of aryl methyl sites for hydroxylation is 4. The molecule has 2 rings (SSSR count). The first-order valence-corrected chi connectivity index (χ1v) is 11.4. The van der Waals surface area contributed by atoms with E-state index in [4.69, 9.17) is 15.3 Å². The van der Waals surface area contributed by atoms with Gasteiger partial charge in [0.15, 0.2) is 0 Å². The van der Waals surface area contributed by atoms with Gasteiger partial charge in [0, 0.05) is 12.8 Å². The van der Waals surface area contributed by atoms with Crippen LogP contribution in [0.4, 0.5) is 0 Å². The second-order valence-corrected chi connectivity index (χ2v) is 7.23. The predicted octanol–water partition coefficient (Wildman–Crippen LogP) is 1.65. The molecule has 0 aliphatic carbocycles. The zero-order valence-corrected chi connectivity index (χ0v) is 20.5. The van der Waals surface area contributed by atoms with E-state index in [1.54, 1.807) is 0 Å². The predicted molar refractivity (Wildman–Crippen MR) is 119 cm³/mol. The fraction of sp³-hybridized carbons (Fsp3) is 0.727. The maximum Gasteiger partial charge on any atom is 0.254 e. The molecule has 2 aromatic heterocycles. The van der Waals surface area contributed by atoms with E-state index in [9.17, 15) is 0 Å². The molecule has 0 bridgehead atoms. The number of unbranched alkanes of at least 4 members (excludes halogenated alkanes) is 6. The van der Waals surface area contributed by atoms with E-state index in [0.29, 0.717) is 0 Å². The molecule has 0 saturated carbocycles. The summed E-state index contributed by atoms with van der Waals surface area (Å²) in [5.41, 5.74) is 0. The van der Waals surface area contributed by atoms with E-state index >= 15 is 0 Å². The lowest BCUT2D eigenvalue weighted by Crippen LogP contribution is -3.00. The average molecular weight is 460 g/mol. The van der Waals surface area contributed by atoms with Gasteiger partial charge in [-0.15, -0.1) is 0 Å².